The van der Waals surface area contributed by atoms with Crippen LogP contribution in [0.3, 0.4) is 0 Å². The molecule has 0 aliphatic carbocycles. The standard InChI is InChI=1S/C20H21N5O3/c1-13-11-14(2)22-20(21-13)25-24-18(26)16(12-15-7-4-3-5-8-15)23-19(27)17-9-6-10-28-17/h3-11,16H,12H2,1-2H3,(H,23,27)(H,24,26)(H,21,22,25). The van der Waals surface area contributed by atoms with Crippen molar-refractivity contribution >= 4 is 17.8 Å². The van der Waals surface area contributed by atoms with Gasteiger partial charge in [0, 0.05) is 17.8 Å². The van der Waals surface area contributed by atoms with Crippen LogP contribution in [0.4, 0.5) is 5.95 Å². The van der Waals surface area contributed by atoms with E-state index in [1.54, 1.807) is 6.07 Å². The van der Waals surface area contributed by atoms with E-state index < -0.39 is 17.9 Å². The van der Waals surface area contributed by atoms with Crippen LogP contribution in [0.5, 0.6) is 0 Å². The second kappa shape index (κ2) is 8.81. The second-order valence-corrected chi connectivity index (χ2v) is 6.28. The van der Waals surface area contributed by atoms with Gasteiger partial charge in [-0.3, -0.25) is 20.4 Å². The van der Waals surface area contributed by atoms with E-state index >= 15 is 0 Å². The van der Waals surface area contributed by atoms with Crippen LogP contribution in [-0.4, -0.2) is 27.8 Å². The largest absolute Gasteiger partial charge is 0.459 e. The summed E-state index contributed by atoms with van der Waals surface area (Å²) in [6.07, 6.45) is 1.72. The Morgan fingerprint density at radius 3 is 2.39 bits per heavy atom. The zero-order valence-corrected chi connectivity index (χ0v) is 15.6. The maximum Gasteiger partial charge on any atom is 0.287 e. The molecule has 0 radical (unpaired) electrons. The Hall–Kier alpha value is -3.68. The zero-order valence-electron chi connectivity index (χ0n) is 15.6. The van der Waals surface area contributed by atoms with Gasteiger partial charge >= 0.3 is 0 Å². The number of aromatic nitrogens is 2. The van der Waals surface area contributed by atoms with Crippen molar-refractivity contribution in [3.8, 4) is 0 Å². The van der Waals surface area contributed by atoms with Gasteiger partial charge in [0.15, 0.2) is 5.76 Å². The highest BCUT2D eigenvalue weighted by Gasteiger charge is 2.23. The molecule has 144 valence electrons. The Kier molecular flexibility index (Phi) is 6.01. The number of carbonyl (C=O) groups excluding carboxylic acids is 2. The summed E-state index contributed by atoms with van der Waals surface area (Å²) in [5, 5.41) is 2.70. The Morgan fingerprint density at radius 1 is 1.04 bits per heavy atom. The van der Waals surface area contributed by atoms with Crippen LogP contribution in [0.1, 0.15) is 27.5 Å². The van der Waals surface area contributed by atoms with E-state index in [9.17, 15) is 9.59 Å². The molecule has 2 amide bonds. The average molecular weight is 379 g/mol. The highest BCUT2D eigenvalue weighted by atomic mass is 16.3. The van der Waals surface area contributed by atoms with Gasteiger partial charge in [0.05, 0.1) is 6.26 Å². The molecule has 28 heavy (non-hydrogen) atoms. The van der Waals surface area contributed by atoms with Gasteiger partial charge < -0.3 is 9.73 Å². The van der Waals surface area contributed by atoms with E-state index in [-0.39, 0.29) is 11.7 Å². The number of benzene rings is 1. The molecule has 3 rings (SSSR count). The summed E-state index contributed by atoms with van der Waals surface area (Å²) in [5.41, 5.74) is 7.72. The molecular weight excluding hydrogens is 358 g/mol. The smallest absolute Gasteiger partial charge is 0.287 e. The molecule has 0 saturated carbocycles. The molecular formula is C20H21N5O3. The van der Waals surface area contributed by atoms with Gasteiger partial charge in [0.25, 0.3) is 11.8 Å². The monoisotopic (exact) mass is 379 g/mol. The van der Waals surface area contributed by atoms with Crippen molar-refractivity contribution in [2.24, 2.45) is 0 Å². The first-order valence-corrected chi connectivity index (χ1v) is 8.78. The van der Waals surface area contributed by atoms with Crippen LogP contribution in [0.2, 0.25) is 0 Å². The van der Waals surface area contributed by atoms with Gasteiger partial charge in [0.1, 0.15) is 6.04 Å². The molecule has 2 aromatic heterocycles. The maximum atomic E-state index is 12.7. The molecule has 1 atom stereocenters. The van der Waals surface area contributed by atoms with E-state index in [1.165, 1.54) is 12.3 Å². The topological polar surface area (TPSA) is 109 Å². The van der Waals surface area contributed by atoms with Crippen LogP contribution in [0.15, 0.2) is 59.2 Å². The first-order chi connectivity index (χ1) is 13.5. The lowest BCUT2D eigenvalue weighted by Crippen LogP contribution is -2.49. The lowest BCUT2D eigenvalue weighted by atomic mass is 10.1. The average Bonchev–Trinajstić information content (AvgIpc) is 3.20. The van der Waals surface area contributed by atoms with E-state index in [2.05, 4.69) is 26.1 Å². The Labute approximate surface area is 162 Å². The van der Waals surface area contributed by atoms with Crippen LogP contribution in [-0.2, 0) is 11.2 Å². The molecule has 0 fully saturated rings. The molecule has 0 spiro atoms. The molecule has 1 aromatic carbocycles. The molecule has 3 aromatic rings. The molecule has 0 bridgehead atoms. The third kappa shape index (κ3) is 5.16. The number of hydrogen-bond acceptors (Lipinski definition) is 6. The van der Waals surface area contributed by atoms with Gasteiger partial charge in [0.2, 0.25) is 5.95 Å². The van der Waals surface area contributed by atoms with Crippen LogP contribution >= 0.6 is 0 Å². The van der Waals surface area contributed by atoms with E-state index in [0.29, 0.717) is 6.42 Å². The van der Waals surface area contributed by atoms with Gasteiger partial charge in [-0.05, 0) is 37.6 Å². The van der Waals surface area contributed by atoms with Crippen molar-refractivity contribution in [2.75, 3.05) is 5.43 Å². The fourth-order valence-electron chi connectivity index (χ4n) is 2.68. The molecule has 3 N–H and O–H groups in total. The highest BCUT2D eigenvalue weighted by molar-refractivity contribution is 5.95. The van der Waals surface area contributed by atoms with Gasteiger partial charge in [-0.1, -0.05) is 30.3 Å². The van der Waals surface area contributed by atoms with Gasteiger partial charge in [-0.15, -0.1) is 0 Å². The Bertz CT molecular complexity index is 921. The number of nitrogens with one attached hydrogen (secondary N) is 3. The van der Waals surface area contributed by atoms with Crippen molar-refractivity contribution in [1.29, 1.82) is 0 Å². The normalized spacial score (nSPS) is 11.5. The summed E-state index contributed by atoms with van der Waals surface area (Å²) in [7, 11) is 0. The molecule has 1 unspecified atom stereocenters. The molecule has 2 heterocycles. The molecule has 8 nitrogen and oxygen atoms in total. The third-order valence-electron chi connectivity index (χ3n) is 3.93. The Balaban J connectivity index is 1.71. The second-order valence-electron chi connectivity index (χ2n) is 6.28. The SMILES string of the molecule is Cc1cc(C)nc(NNC(=O)C(Cc2ccccc2)NC(=O)c2ccco2)n1. The summed E-state index contributed by atoms with van der Waals surface area (Å²) >= 11 is 0. The third-order valence-corrected chi connectivity index (χ3v) is 3.93. The number of amides is 2. The first-order valence-electron chi connectivity index (χ1n) is 8.78. The number of anilines is 1. The predicted molar refractivity (Wildman–Crippen MR) is 103 cm³/mol. The lowest BCUT2D eigenvalue weighted by molar-refractivity contribution is -0.122. The van der Waals surface area contributed by atoms with Crippen molar-refractivity contribution in [3.63, 3.8) is 0 Å². The minimum absolute atomic E-state index is 0.136. The van der Waals surface area contributed by atoms with Crippen LogP contribution < -0.4 is 16.2 Å². The van der Waals surface area contributed by atoms with Crippen molar-refractivity contribution in [1.82, 2.24) is 20.7 Å². The number of hydrazine groups is 1. The number of furan rings is 1. The summed E-state index contributed by atoms with van der Waals surface area (Å²) in [6, 6.07) is 13.6. The number of nitrogens with zero attached hydrogens (tertiary/aromatic N) is 2. The highest BCUT2D eigenvalue weighted by Crippen LogP contribution is 2.07. The van der Waals surface area contributed by atoms with E-state index in [4.69, 9.17) is 4.42 Å². The molecule has 0 aliphatic heterocycles. The maximum absolute atomic E-state index is 12.7. The number of carbonyl (C=O) groups is 2. The summed E-state index contributed by atoms with van der Waals surface area (Å²) in [6.45, 7) is 3.67. The predicted octanol–water partition coefficient (Wildman–Crippen LogP) is 2.17. The van der Waals surface area contributed by atoms with E-state index in [0.717, 1.165) is 17.0 Å². The lowest BCUT2D eigenvalue weighted by Gasteiger charge is -2.18. The van der Waals surface area contributed by atoms with Gasteiger partial charge in [-0.25, -0.2) is 9.97 Å². The van der Waals surface area contributed by atoms with Crippen molar-refractivity contribution in [3.05, 3.63) is 77.5 Å². The molecule has 0 aliphatic rings. The number of hydrogen-bond donors (Lipinski definition) is 3. The number of rotatable bonds is 7. The molecule has 8 heteroatoms. The van der Waals surface area contributed by atoms with Crippen molar-refractivity contribution < 1.29 is 14.0 Å². The molecule has 0 saturated heterocycles. The van der Waals surface area contributed by atoms with Gasteiger partial charge in [-0.2, -0.15) is 0 Å². The van der Waals surface area contributed by atoms with Crippen LogP contribution in [0, 0.1) is 13.8 Å². The summed E-state index contributed by atoms with van der Waals surface area (Å²) in [4.78, 5) is 33.5. The Morgan fingerprint density at radius 2 is 1.75 bits per heavy atom. The summed E-state index contributed by atoms with van der Waals surface area (Å²) < 4.78 is 5.10. The summed E-state index contributed by atoms with van der Waals surface area (Å²) in [5.74, 6) is -0.478. The fraction of sp³-hybridized carbons (Fsp3) is 0.200. The first kappa shape index (κ1) is 19.1. The zero-order chi connectivity index (χ0) is 19.9. The van der Waals surface area contributed by atoms with Crippen LogP contribution in [0.25, 0.3) is 0 Å². The quantitative estimate of drug-likeness (QED) is 0.543. The van der Waals surface area contributed by atoms with E-state index in [1.807, 2.05) is 50.2 Å². The minimum atomic E-state index is -0.821. The number of aryl methyl sites for hydroxylation is 2. The minimum Gasteiger partial charge on any atom is -0.459 e. The van der Waals surface area contributed by atoms with Crippen molar-refractivity contribution in [2.45, 2.75) is 26.3 Å². The fourth-order valence-corrected chi connectivity index (χ4v) is 2.68.